The number of carbonyl (C=O) groups excluding carboxylic acids is 1. The lowest BCUT2D eigenvalue weighted by molar-refractivity contribution is -0.124. The zero-order chi connectivity index (χ0) is 12.3. The number of hydrogen-bond acceptors (Lipinski definition) is 4. The Labute approximate surface area is 96.7 Å². The number of hydrogen-bond donors (Lipinski definition) is 2. The lowest BCUT2D eigenvalue weighted by Crippen LogP contribution is -2.49. The van der Waals surface area contributed by atoms with E-state index >= 15 is 0 Å². The van der Waals surface area contributed by atoms with Gasteiger partial charge < -0.3 is 11.1 Å². The van der Waals surface area contributed by atoms with Gasteiger partial charge in [0, 0.05) is 6.04 Å². The molecule has 5 nitrogen and oxygen atoms in total. The molecule has 1 fully saturated rings. The highest BCUT2D eigenvalue weighted by Gasteiger charge is 2.26. The van der Waals surface area contributed by atoms with E-state index in [-0.39, 0.29) is 29.4 Å². The van der Waals surface area contributed by atoms with Gasteiger partial charge in [0.15, 0.2) is 0 Å². The predicted octanol–water partition coefficient (Wildman–Crippen LogP) is -0.337. The van der Waals surface area contributed by atoms with Gasteiger partial charge in [-0.05, 0) is 18.8 Å². The summed E-state index contributed by atoms with van der Waals surface area (Å²) >= 11 is 0. The first-order valence-corrected chi connectivity index (χ1v) is 7.40. The van der Waals surface area contributed by atoms with Crippen molar-refractivity contribution in [1.29, 1.82) is 0 Å². The van der Waals surface area contributed by atoms with E-state index in [1.807, 2.05) is 13.8 Å². The molecular weight excluding hydrogens is 228 g/mol. The molecule has 0 aromatic carbocycles. The number of carbonyl (C=O) groups is 1. The number of nitrogens with two attached hydrogens (primary N) is 1. The van der Waals surface area contributed by atoms with Crippen molar-refractivity contribution >= 4 is 15.7 Å². The highest BCUT2D eigenvalue weighted by Crippen LogP contribution is 2.12. The fourth-order valence-corrected chi connectivity index (χ4v) is 3.13. The average molecular weight is 248 g/mol. The Kier molecular flexibility index (Phi) is 4.32. The van der Waals surface area contributed by atoms with E-state index in [2.05, 4.69) is 5.32 Å². The van der Waals surface area contributed by atoms with Crippen LogP contribution in [0.3, 0.4) is 0 Å². The van der Waals surface area contributed by atoms with Crippen LogP contribution in [0, 0.1) is 5.92 Å². The molecule has 0 aromatic heterocycles. The number of sulfone groups is 1. The molecule has 1 saturated heterocycles. The highest BCUT2D eigenvalue weighted by molar-refractivity contribution is 7.91. The van der Waals surface area contributed by atoms with Crippen LogP contribution in [0.4, 0.5) is 0 Å². The standard InChI is InChI=1S/C10H20N2O3S/c1-7(2)9(11)10(13)12-8-3-5-16(14,15)6-4-8/h7-9H,3-6,11H2,1-2H3,(H,12,13)/t9-/m0/s1. The van der Waals surface area contributed by atoms with Crippen molar-refractivity contribution in [2.75, 3.05) is 11.5 Å². The van der Waals surface area contributed by atoms with Crippen LogP contribution < -0.4 is 11.1 Å². The van der Waals surface area contributed by atoms with Gasteiger partial charge in [0.1, 0.15) is 9.84 Å². The van der Waals surface area contributed by atoms with Gasteiger partial charge in [-0.3, -0.25) is 4.79 Å². The molecular formula is C10H20N2O3S. The summed E-state index contributed by atoms with van der Waals surface area (Å²) in [5, 5.41) is 2.81. The van der Waals surface area contributed by atoms with Crippen molar-refractivity contribution in [3.8, 4) is 0 Å². The van der Waals surface area contributed by atoms with Gasteiger partial charge in [0.2, 0.25) is 5.91 Å². The Morgan fingerprint density at radius 1 is 1.31 bits per heavy atom. The van der Waals surface area contributed by atoms with E-state index < -0.39 is 15.9 Å². The highest BCUT2D eigenvalue weighted by atomic mass is 32.2. The fraction of sp³-hybridized carbons (Fsp3) is 0.900. The Morgan fingerprint density at radius 2 is 1.81 bits per heavy atom. The first-order valence-electron chi connectivity index (χ1n) is 5.58. The largest absolute Gasteiger partial charge is 0.352 e. The van der Waals surface area contributed by atoms with Crippen LogP contribution in [0.25, 0.3) is 0 Å². The second kappa shape index (κ2) is 5.14. The molecule has 3 N–H and O–H groups in total. The van der Waals surface area contributed by atoms with Crippen LogP contribution >= 0.6 is 0 Å². The minimum Gasteiger partial charge on any atom is -0.352 e. The third kappa shape index (κ3) is 3.75. The molecule has 94 valence electrons. The number of amides is 1. The topological polar surface area (TPSA) is 89.3 Å². The van der Waals surface area contributed by atoms with Crippen molar-refractivity contribution in [1.82, 2.24) is 5.32 Å². The minimum atomic E-state index is -2.87. The minimum absolute atomic E-state index is 0.0409. The maximum atomic E-state index is 11.6. The first-order chi connectivity index (χ1) is 7.32. The lowest BCUT2D eigenvalue weighted by Gasteiger charge is -2.25. The van der Waals surface area contributed by atoms with Crippen molar-refractivity contribution in [3.63, 3.8) is 0 Å². The van der Waals surface area contributed by atoms with Crippen LogP contribution in [0.5, 0.6) is 0 Å². The molecule has 1 heterocycles. The second-order valence-corrected chi connectivity index (χ2v) is 7.01. The third-order valence-electron chi connectivity index (χ3n) is 2.92. The molecule has 0 unspecified atom stereocenters. The lowest BCUT2D eigenvalue weighted by atomic mass is 10.0. The summed E-state index contributed by atoms with van der Waals surface area (Å²) in [6, 6.07) is -0.556. The zero-order valence-corrected chi connectivity index (χ0v) is 10.6. The van der Waals surface area contributed by atoms with E-state index in [1.54, 1.807) is 0 Å². The van der Waals surface area contributed by atoms with Crippen LogP contribution in [0.2, 0.25) is 0 Å². The van der Waals surface area contributed by atoms with Crippen LogP contribution in [-0.2, 0) is 14.6 Å². The molecule has 1 atom stereocenters. The van der Waals surface area contributed by atoms with Gasteiger partial charge >= 0.3 is 0 Å². The van der Waals surface area contributed by atoms with Crippen LogP contribution in [0.1, 0.15) is 26.7 Å². The Morgan fingerprint density at radius 3 is 2.25 bits per heavy atom. The van der Waals surface area contributed by atoms with E-state index in [0.29, 0.717) is 12.8 Å². The van der Waals surface area contributed by atoms with Crippen molar-refractivity contribution in [3.05, 3.63) is 0 Å². The van der Waals surface area contributed by atoms with E-state index in [1.165, 1.54) is 0 Å². The zero-order valence-electron chi connectivity index (χ0n) is 9.77. The molecule has 0 aromatic rings. The summed E-state index contributed by atoms with van der Waals surface area (Å²) in [5.74, 6) is 0.232. The summed E-state index contributed by atoms with van der Waals surface area (Å²) in [7, 11) is -2.87. The van der Waals surface area contributed by atoms with Gasteiger partial charge in [0.05, 0.1) is 17.5 Å². The Bertz CT molecular complexity index is 337. The molecule has 0 bridgehead atoms. The average Bonchev–Trinajstić information content (AvgIpc) is 2.19. The van der Waals surface area contributed by atoms with Gasteiger partial charge in [-0.2, -0.15) is 0 Å². The summed E-state index contributed by atoms with van der Waals surface area (Å²) in [5.41, 5.74) is 5.70. The summed E-state index contributed by atoms with van der Waals surface area (Å²) in [6.07, 6.45) is 0.998. The van der Waals surface area contributed by atoms with Crippen molar-refractivity contribution in [2.24, 2.45) is 11.7 Å². The SMILES string of the molecule is CC(C)[C@H](N)C(=O)NC1CCS(=O)(=O)CC1. The molecule has 1 aliphatic rings. The molecule has 16 heavy (non-hydrogen) atoms. The van der Waals surface area contributed by atoms with Gasteiger partial charge in [-0.1, -0.05) is 13.8 Å². The molecule has 6 heteroatoms. The van der Waals surface area contributed by atoms with Crippen LogP contribution in [0.15, 0.2) is 0 Å². The van der Waals surface area contributed by atoms with Crippen molar-refractivity contribution < 1.29 is 13.2 Å². The smallest absolute Gasteiger partial charge is 0.237 e. The molecule has 0 spiro atoms. The molecule has 1 amide bonds. The van der Waals surface area contributed by atoms with E-state index in [9.17, 15) is 13.2 Å². The Hall–Kier alpha value is -0.620. The number of nitrogens with one attached hydrogen (secondary N) is 1. The second-order valence-electron chi connectivity index (χ2n) is 4.70. The summed E-state index contributed by atoms with van der Waals surface area (Å²) < 4.78 is 22.4. The normalized spacial score (nSPS) is 23.0. The fourth-order valence-electron chi connectivity index (χ4n) is 1.63. The molecule has 0 saturated carbocycles. The summed E-state index contributed by atoms with van der Waals surface area (Å²) in [4.78, 5) is 11.6. The maximum absolute atomic E-state index is 11.6. The number of rotatable bonds is 3. The van der Waals surface area contributed by atoms with Gasteiger partial charge in [-0.15, -0.1) is 0 Å². The Balaban J connectivity index is 2.42. The maximum Gasteiger partial charge on any atom is 0.237 e. The van der Waals surface area contributed by atoms with Crippen molar-refractivity contribution in [2.45, 2.75) is 38.8 Å². The van der Waals surface area contributed by atoms with Crippen LogP contribution in [-0.4, -0.2) is 37.9 Å². The first kappa shape index (κ1) is 13.4. The third-order valence-corrected chi connectivity index (χ3v) is 4.64. The predicted molar refractivity (Wildman–Crippen MR) is 62.6 cm³/mol. The molecule has 0 aliphatic carbocycles. The van der Waals surface area contributed by atoms with Gasteiger partial charge in [-0.25, -0.2) is 8.42 Å². The quantitative estimate of drug-likeness (QED) is 0.715. The molecule has 1 rings (SSSR count). The summed E-state index contributed by atoms with van der Waals surface area (Å²) in [6.45, 7) is 3.77. The van der Waals surface area contributed by atoms with Gasteiger partial charge in [0.25, 0.3) is 0 Å². The molecule has 1 aliphatic heterocycles. The van der Waals surface area contributed by atoms with E-state index in [0.717, 1.165) is 0 Å². The molecule has 0 radical (unpaired) electrons. The monoisotopic (exact) mass is 248 g/mol. The van der Waals surface area contributed by atoms with E-state index in [4.69, 9.17) is 5.73 Å².